The van der Waals surface area contributed by atoms with Crippen LogP contribution in [0.15, 0.2) is 11.6 Å². The third kappa shape index (κ3) is 5.44. The third-order valence-electron chi connectivity index (χ3n) is 8.27. The van der Waals surface area contributed by atoms with Crippen LogP contribution in [0.1, 0.15) is 75.3 Å². The number of Topliss-reactive ketones (excluding diaryl/α,β-unsaturated/α-hetero) is 2. The van der Waals surface area contributed by atoms with Crippen molar-refractivity contribution >= 4 is 40.4 Å². The number of hydrogen-bond donors (Lipinski definition) is 0. The molecule has 0 unspecified atom stereocenters. The van der Waals surface area contributed by atoms with Gasteiger partial charge in [0.05, 0.1) is 67.8 Å². The van der Waals surface area contributed by atoms with Crippen LogP contribution in [0.25, 0.3) is 28.0 Å². The highest BCUT2D eigenvalue weighted by molar-refractivity contribution is 6.53. The molecule has 48 heavy (non-hydrogen) atoms. The van der Waals surface area contributed by atoms with Crippen LogP contribution in [-0.2, 0) is 20.7 Å². The van der Waals surface area contributed by atoms with E-state index < -0.39 is 23.5 Å². The molecule has 1 aliphatic carbocycles. The van der Waals surface area contributed by atoms with E-state index in [9.17, 15) is 19.2 Å². The molecular formula is C36H40O12. The Morgan fingerprint density at radius 2 is 1.04 bits per heavy atom. The van der Waals surface area contributed by atoms with Gasteiger partial charge in [-0.15, -0.1) is 0 Å². The van der Waals surface area contributed by atoms with E-state index in [4.69, 9.17) is 37.9 Å². The van der Waals surface area contributed by atoms with Gasteiger partial charge in [-0.25, -0.2) is 9.59 Å². The minimum absolute atomic E-state index is 0.0165. The summed E-state index contributed by atoms with van der Waals surface area (Å²) in [4.78, 5) is 54.5. The lowest BCUT2D eigenvalue weighted by Crippen LogP contribution is -2.25. The van der Waals surface area contributed by atoms with Gasteiger partial charge in [-0.05, 0) is 30.5 Å². The smallest absolute Gasteiger partial charge is 0.345 e. The number of hydrogen-bond acceptors (Lipinski definition) is 12. The summed E-state index contributed by atoms with van der Waals surface area (Å²) in [7, 11) is 10.7. The summed E-state index contributed by atoms with van der Waals surface area (Å²) in [5.41, 5.74) is 1.08. The fraction of sp³-hybridized carbons (Fsp3) is 0.389. The van der Waals surface area contributed by atoms with E-state index in [0.29, 0.717) is 35.8 Å². The zero-order chi connectivity index (χ0) is 35.4. The van der Waals surface area contributed by atoms with Gasteiger partial charge < -0.3 is 37.9 Å². The molecule has 0 fully saturated rings. The third-order valence-corrected chi connectivity index (χ3v) is 8.27. The molecule has 0 radical (unpaired) electrons. The highest BCUT2D eigenvalue weighted by atomic mass is 16.5. The summed E-state index contributed by atoms with van der Waals surface area (Å²) >= 11 is 0. The summed E-state index contributed by atoms with van der Waals surface area (Å²) in [5.74, 6) is -2.84. The maximum atomic E-state index is 14.0. The van der Waals surface area contributed by atoms with Crippen molar-refractivity contribution in [2.75, 3.05) is 56.9 Å². The lowest BCUT2D eigenvalue weighted by Gasteiger charge is -2.28. The lowest BCUT2D eigenvalue weighted by atomic mass is 9.79. The predicted molar refractivity (Wildman–Crippen MR) is 178 cm³/mol. The Morgan fingerprint density at radius 1 is 0.562 bits per heavy atom. The maximum absolute atomic E-state index is 14.0. The van der Waals surface area contributed by atoms with Crippen molar-refractivity contribution in [3.63, 3.8) is 0 Å². The average Bonchev–Trinajstić information content (AvgIpc) is 3.10. The number of aryl methyl sites for hydroxylation is 1. The first-order chi connectivity index (χ1) is 23.1. The van der Waals surface area contributed by atoms with E-state index in [1.54, 1.807) is 6.08 Å². The number of benzene rings is 3. The molecule has 4 rings (SSSR count). The van der Waals surface area contributed by atoms with Crippen molar-refractivity contribution in [2.24, 2.45) is 0 Å². The van der Waals surface area contributed by atoms with E-state index in [1.165, 1.54) is 56.9 Å². The molecule has 0 atom stereocenters. The molecule has 0 spiro atoms. The van der Waals surface area contributed by atoms with E-state index in [0.717, 1.165) is 12.0 Å². The Morgan fingerprint density at radius 3 is 1.52 bits per heavy atom. The van der Waals surface area contributed by atoms with Crippen LogP contribution in [0.4, 0.5) is 0 Å². The number of carbonyl (C=O) groups is 4. The Bertz CT molecular complexity index is 1850. The largest absolute Gasteiger partial charge is 0.495 e. The van der Waals surface area contributed by atoms with E-state index in [1.807, 2.05) is 19.9 Å². The first-order valence-corrected chi connectivity index (χ1v) is 15.2. The van der Waals surface area contributed by atoms with Gasteiger partial charge in [-0.3, -0.25) is 9.59 Å². The fourth-order valence-electron chi connectivity index (χ4n) is 6.40. The van der Waals surface area contributed by atoms with Gasteiger partial charge in [-0.1, -0.05) is 26.7 Å². The van der Waals surface area contributed by atoms with Gasteiger partial charge in [0, 0.05) is 27.6 Å². The van der Waals surface area contributed by atoms with Crippen LogP contribution in [0.3, 0.4) is 0 Å². The van der Waals surface area contributed by atoms with Gasteiger partial charge in [0.25, 0.3) is 0 Å². The van der Waals surface area contributed by atoms with Crippen LogP contribution in [-0.4, -0.2) is 80.4 Å². The zero-order valence-corrected chi connectivity index (χ0v) is 28.9. The van der Waals surface area contributed by atoms with Gasteiger partial charge in [0.1, 0.15) is 34.1 Å². The summed E-state index contributed by atoms with van der Waals surface area (Å²) in [6, 6.07) is 1.85. The van der Waals surface area contributed by atoms with Crippen LogP contribution in [0.2, 0.25) is 0 Å². The molecule has 3 aromatic carbocycles. The number of ketones is 2. The number of allylic oxidation sites excluding steroid dienone is 1. The maximum Gasteiger partial charge on any atom is 0.345 e. The molecule has 0 saturated heterocycles. The molecule has 3 aromatic rings. The molecular weight excluding hydrogens is 624 g/mol. The molecule has 0 saturated carbocycles. The van der Waals surface area contributed by atoms with Crippen molar-refractivity contribution in [3.05, 3.63) is 39.5 Å². The first kappa shape index (κ1) is 35.6. The zero-order valence-electron chi connectivity index (χ0n) is 28.9. The second-order valence-electron chi connectivity index (χ2n) is 10.8. The molecule has 0 bridgehead atoms. The summed E-state index contributed by atoms with van der Waals surface area (Å²) in [6.07, 6.45) is 3.76. The van der Waals surface area contributed by atoms with Crippen LogP contribution < -0.4 is 28.4 Å². The van der Waals surface area contributed by atoms with Crippen molar-refractivity contribution in [2.45, 2.75) is 39.5 Å². The van der Waals surface area contributed by atoms with Crippen LogP contribution >= 0.6 is 0 Å². The molecule has 0 aliphatic heterocycles. The van der Waals surface area contributed by atoms with Crippen molar-refractivity contribution in [1.29, 1.82) is 0 Å². The van der Waals surface area contributed by atoms with Gasteiger partial charge in [-0.2, -0.15) is 0 Å². The molecule has 12 heteroatoms. The molecule has 0 aromatic heterocycles. The van der Waals surface area contributed by atoms with E-state index >= 15 is 0 Å². The molecule has 0 amide bonds. The number of fused-ring (bicyclic) bond motifs is 2. The first-order valence-electron chi connectivity index (χ1n) is 15.2. The predicted octanol–water partition coefficient (Wildman–Crippen LogP) is 6.03. The Hall–Kier alpha value is -5.26. The van der Waals surface area contributed by atoms with Gasteiger partial charge >= 0.3 is 11.9 Å². The number of methoxy groups -OCH3 is 8. The Balaban J connectivity index is 2.53. The molecule has 12 nitrogen and oxygen atoms in total. The average molecular weight is 665 g/mol. The van der Waals surface area contributed by atoms with Crippen LogP contribution in [0, 0.1) is 0 Å². The monoisotopic (exact) mass is 664 g/mol. The second kappa shape index (κ2) is 14.7. The Kier molecular flexibility index (Phi) is 10.9. The van der Waals surface area contributed by atoms with Gasteiger partial charge in [0.15, 0.2) is 11.5 Å². The van der Waals surface area contributed by atoms with Gasteiger partial charge in [0.2, 0.25) is 11.6 Å². The van der Waals surface area contributed by atoms with Crippen molar-refractivity contribution < 1.29 is 57.1 Å². The quantitative estimate of drug-likeness (QED) is 0.155. The molecule has 0 heterocycles. The minimum atomic E-state index is -0.896. The summed E-state index contributed by atoms with van der Waals surface area (Å²) < 4.78 is 45.6. The summed E-state index contributed by atoms with van der Waals surface area (Å²) in [5, 5.41) is 0.754. The highest BCUT2D eigenvalue weighted by Crippen LogP contribution is 2.57. The molecule has 0 N–H and O–H groups in total. The SMILES string of the molecule is CCCC1=Cc2c(c(OC)c(C(=O)OC)c(OC)c2-c2c(OC)c(C(=O)OC)c(OC)c3c(OC)c(OC)c(CCC)cc23)C(=O)C1=O. The van der Waals surface area contributed by atoms with Crippen LogP contribution in [0.5, 0.6) is 34.5 Å². The molecule has 1 aliphatic rings. The summed E-state index contributed by atoms with van der Waals surface area (Å²) in [6.45, 7) is 3.89. The number of ether oxygens (including phenoxy) is 8. The van der Waals surface area contributed by atoms with Crippen molar-refractivity contribution in [3.8, 4) is 45.6 Å². The van der Waals surface area contributed by atoms with E-state index in [-0.39, 0.29) is 67.7 Å². The van der Waals surface area contributed by atoms with Crippen molar-refractivity contribution in [1.82, 2.24) is 0 Å². The Labute approximate surface area is 278 Å². The van der Waals surface area contributed by atoms with E-state index in [2.05, 4.69) is 0 Å². The topological polar surface area (TPSA) is 142 Å². The number of carbonyl (C=O) groups excluding carboxylic acids is 4. The number of rotatable bonds is 13. The number of esters is 2. The minimum Gasteiger partial charge on any atom is -0.495 e. The molecule has 256 valence electrons. The highest BCUT2D eigenvalue weighted by Gasteiger charge is 2.41. The normalized spacial score (nSPS) is 12.2. The lowest BCUT2D eigenvalue weighted by molar-refractivity contribution is -0.112. The second-order valence-corrected chi connectivity index (χ2v) is 10.8. The standard InChI is InChI=1S/C36H40O12/c1-11-13-17-15-19-21(30(42-4)25(35(39)47-9)32(44-6)23(19)28(38)27(17)37)22-20-16-18(14-12-2)29(41-3)34(46-8)24(20)33(45-7)26(31(22)43-5)36(40)48-10/h15-16H,11-14H2,1-10H3. The fourth-order valence-corrected chi connectivity index (χ4v) is 6.40.